The predicted octanol–water partition coefficient (Wildman–Crippen LogP) is 4.10. The molecule has 1 saturated heterocycles. The summed E-state index contributed by atoms with van der Waals surface area (Å²) >= 11 is 0. The standard InChI is InChI=1S/C23H29N3O2S.HI/c1-24-23(25-17-21-8-10-22(11-9-21)18-29(2,27)28)26-14-12-20(13-15-26)16-19-6-4-3-5-7-19;/h3-11,16H,12-15,17-18H2,1-2H3,(H,24,25);1H. The van der Waals surface area contributed by atoms with Gasteiger partial charge in [-0.15, -0.1) is 24.0 Å². The molecule has 0 atom stereocenters. The summed E-state index contributed by atoms with van der Waals surface area (Å²) < 4.78 is 22.8. The Hall–Kier alpha value is -1.87. The van der Waals surface area contributed by atoms with Crippen LogP contribution in [0.5, 0.6) is 0 Å². The molecule has 1 aliphatic heterocycles. The van der Waals surface area contributed by atoms with Crippen molar-refractivity contribution >= 4 is 45.8 Å². The normalized spacial score (nSPS) is 14.8. The second-order valence-electron chi connectivity index (χ2n) is 7.49. The van der Waals surface area contributed by atoms with Gasteiger partial charge in [0, 0.05) is 32.9 Å². The summed E-state index contributed by atoms with van der Waals surface area (Å²) in [4.78, 5) is 6.73. The zero-order valence-electron chi connectivity index (χ0n) is 17.5. The number of hydrogen-bond donors (Lipinski definition) is 1. The minimum Gasteiger partial charge on any atom is -0.352 e. The van der Waals surface area contributed by atoms with Crippen LogP contribution in [0, 0.1) is 0 Å². The van der Waals surface area contributed by atoms with Crippen LogP contribution in [-0.2, 0) is 22.1 Å². The third-order valence-corrected chi connectivity index (χ3v) is 5.85. The van der Waals surface area contributed by atoms with Gasteiger partial charge in [-0.05, 0) is 29.5 Å². The molecule has 3 rings (SSSR count). The Balaban J connectivity index is 0.00000320. The van der Waals surface area contributed by atoms with Crippen molar-refractivity contribution in [2.24, 2.45) is 4.99 Å². The Labute approximate surface area is 197 Å². The zero-order chi connectivity index (χ0) is 20.7. The molecule has 30 heavy (non-hydrogen) atoms. The van der Waals surface area contributed by atoms with Gasteiger partial charge in [0.25, 0.3) is 0 Å². The summed E-state index contributed by atoms with van der Waals surface area (Å²) in [5.41, 5.74) is 4.65. The van der Waals surface area contributed by atoms with Crippen molar-refractivity contribution in [2.45, 2.75) is 25.1 Å². The van der Waals surface area contributed by atoms with Gasteiger partial charge in [0.2, 0.25) is 0 Å². The van der Waals surface area contributed by atoms with Gasteiger partial charge in [0.1, 0.15) is 0 Å². The highest BCUT2D eigenvalue weighted by Gasteiger charge is 2.17. The van der Waals surface area contributed by atoms with Gasteiger partial charge in [-0.3, -0.25) is 4.99 Å². The zero-order valence-corrected chi connectivity index (χ0v) is 20.7. The smallest absolute Gasteiger partial charge is 0.193 e. The highest BCUT2D eigenvalue weighted by molar-refractivity contribution is 14.0. The highest BCUT2D eigenvalue weighted by atomic mass is 127. The lowest BCUT2D eigenvalue weighted by molar-refractivity contribution is 0.375. The third-order valence-electron chi connectivity index (χ3n) is 4.99. The molecule has 0 aromatic heterocycles. The van der Waals surface area contributed by atoms with Crippen LogP contribution < -0.4 is 5.32 Å². The molecule has 1 fully saturated rings. The molecule has 7 heteroatoms. The number of rotatable bonds is 5. The van der Waals surface area contributed by atoms with Gasteiger partial charge in [-0.25, -0.2) is 8.42 Å². The van der Waals surface area contributed by atoms with Crippen LogP contribution >= 0.6 is 24.0 Å². The lowest BCUT2D eigenvalue weighted by Crippen LogP contribution is -2.44. The number of guanidine groups is 1. The third kappa shape index (κ3) is 7.75. The summed E-state index contributed by atoms with van der Waals surface area (Å²) in [6.07, 6.45) is 5.63. The maximum absolute atomic E-state index is 11.4. The minimum atomic E-state index is -3.00. The molecule has 0 unspecified atom stereocenters. The average Bonchev–Trinajstić information content (AvgIpc) is 2.70. The molecular weight excluding hydrogens is 509 g/mol. The van der Waals surface area contributed by atoms with Crippen LogP contribution in [0.25, 0.3) is 6.08 Å². The summed E-state index contributed by atoms with van der Waals surface area (Å²) in [7, 11) is -1.19. The molecule has 1 N–H and O–H groups in total. The fraction of sp³-hybridized carbons (Fsp3) is 0.348. The van der Waals surface area contributed by atoms with Gasteiger partial charge in [-0.2, -0.15) is 0 Å². The second kappa shape index (κ2) is 11.5. The lowest BCUT2D eigenvalue weighted by atomic mass is 10.0. The van der Waals surface area contributed by atoms with Crippen LogP contribution in [0.2, 0.25) is 0 Å². The summed E-state index contributed by atoms with van der Waals surface area (Å²) in [6, 6.07) is 18.2. The Kier molecular flexibility index (Phi) is 9.36. The van der Waals surface area contributed by atoms with Crippen molar-refractivity contribution in [1.29, 1.82) is 0 Å². The highest BCUT2D eigenvalue weighted by Crippen LogP contribution is 2.19. The van der Waals surface area contributed by atoms with E-state index in [0.717, 1.165) is 43.0 Å². The molecule has 0 radical (unpaired) electrons. The van der Waals surface area contributed by atoms with E-state index in [1.54, 1.807) is 0 Å². The minimum absolute atomic E-state index is 0. The van der Waals surface area contributed by atoms with Crippen LogP contribution in [-0.4, -0.2) is 45.7 Å². The molecule has 0 aliphatic carbocycles. The van der Waals surface area contributed by atoms with Crippen LogP contribution in [0.3, 0.4) is 0 Å². The van der Waals surface area contributed by atoms with Crippen molar-refractivity contribution in [3.05, 3.63) is 76.9 Å². The predicted molar refractivity (Wildman–Crippen MR) is 136 cm³/mol. The fourth-order valence-corrected chi connectivity index (χ4v) is 4.30. The number of nitrogens with one attached hydrogen (secondary N) is 1. The van der Waals surface area contributed by atoms with Gasteiger partial charge >= 0.3 is 0 Å². The van der Waals surface area contributed by atoms with Gasteiger partial charge in [0.15, 0.2) is 15.8 Å². The number of benzene rings is 2. The monoisotopic (exact) mass is 539 g/mol. The molecular formula is C23H30IN3O2S. The van der Waals surface area contributed by atoms with Crippen LogP contribution in [0.4, 0.5) is 0 Å². The number of piperidine rings is 1. The SMILES string of the molecule is CN=C(NCc1ccc(CS(C)(=O)=O)cc1)N1CCC(=Cc2ccccc2)CC1.I. The second-order valence-corrected chi connectivity index (χ2v) is 9.63. The average molecular weight is 539 g/mol. The Morgan fingerprint density at radius 3 is 2.20 bits per heavy atom. The van der Waals surface area contributed by atoms with Crippen LogP contribution in [0.1, 0.15) is 29.5 Å². The Morgan fingerprint density at radius 1 is 1.03 bits per heavy atom. The fourth-order valence-electron chi connectivity index (χ4n) is 3.50. The van der Waals surface area contributed by atoms with E-state index in [-0.39, 0.29) is 29.7 Å². The molecule has 0 bridgehead atoms. The van der Waals surface area contributed by atoms with Gasteiger partial charge in [0.05, 0.1) is 5.75 Å². The first kappa shape index (κ1) is 24.4. The Morgan fingerprint density at radius 2 is 1.63 bits per heavy atom. The molecule has 0 saturated carbocycles. The number of nitrogens with zero attached hydrogens (tertiary/aromatic N) is 2. The molecule has 1 heterocycles. The van der Waals surface area contributed by atoms with E-state index in [2.05, 4.69) is 45.6 Å². The van der Waals surface area contributed by atoms with Gasteiger partial charge in [-0.1, -0.05) is 66.2 Å². The van der Waals surface area contributed by atoms with Crippen molar-refractivity contribution in [3.63, 3.8) is 0 Å². The van der Waals surface area contributed by atoms with E-state index in [1.807, 2.05) is 37.4 Å². The topological polar surface area (TPSA) is 61.8 Å². The van der Waals surface area contributed by atoms with Crippen LogP contribution in [0.15, 0.2) is 65.2 Å². The van der Waals surface area contributed by atoms with Crippen molar-refractivity contribution < 1.29 is 8.42 Å². The van der Waals surface area contributed by atoms with E-state index in [4.69, 9.17) is 0 Å². The number of aliphatic imine (C=N–C) groups is 1. The first-order chi connectivity index (χ1) is 13.9. The molecule has 0 amide bonds. The molecule has 5 nitrogen and oxygen atoms in total. The summed E-state index contributed by atoms with van der Waals surface area (Å²) in [6.45, 7) is 2.56. The largest absolute Gasteiger partial charge is 0.352 e. The summed E-state index contributed by atoms with van der Waals surface area (Å²) in [5, 5.41) is 3.43. The lowest BCUT2D eigenvalue weighted by Gasteiger charge is -2.31. The molecule has 0 spiro atoms. The number of hydrogen-bond acceptors (Lipinski definition) is 3. The van der Waals surface area contributed by atoms with Crippen molar-refractivity contribution in [1.82, 2.24) is 10.2 Å². The molecule has 1 aliphatic rings. The maximum atomic E-state index is 11.4. The van der Waals surface area contributed by atoms with E-state index < -0.39 is 9.84 Å². The number of sulfone groups is 1. The van der Waals surface area contributed by atoms with Crippen molar-refractivity contribution in [2.75, 3.05) is 26.4 Å². The molecule has 2 aromatic carbocycles. The first-order valence-corrected chi connectivity index (χ1v) is 11.9. The summed E-state index contributed by atoms with van der Waals surface area (Å²) in [5.74, 6) is 0.985. The maximum Gasteiger partial charge on any atom is 0.193 e. The first-order valence-electron chi connectivity index (χ1n) is 9.88. The number of likely N-dealkylation sites (tertiary alicyclic amines) is 1. The molecule has 162 valence electrons. The van der Waals surface area contributed by atoms with Crippen molar-refractivity contribution in [3.8, 4) is 0 Å². The van der Waals surface area contributed by atoms with E-state index in [9.17, 15) is 8.42 Å². The Bertz CT molecular complexity index is 961. The van der Waals surface area contributed by atoms with E-state index >= 15 is 0 Å². The quantitative estimate of drug-likeness (QED) is 0.353. The van der Waals surface area contributed by atoms with E-state index in [1.165, 1.54) is 17.4 Å². The van der Waals surface area contributed by atoms with E-state index in [0.29, 0.717) is 6.54 Å². The number of halogens is 1. The van der Waals surface area contributed by atoms with Gasteiger partial charge < -0.3 is 10.2 Å². The molecule has 2 aromatic rings.